The Morgan fingerprint density at radius 3 is 1.96 bits per heavy atom. The molecule has 0 amide bonds. The second-order valence-electron chi connectivity index (χ2n) is 10.8. The highest BCUT2D eigenvalue weighted by Crippen LogP contribution is 2.39. The van der Waals surface area contributed by atoms with Crippen LogP contribution in [0.2, 0.25) is 10.0 Å². The molecule has 226 valence electrons. The van der Waals surface area contributed by atoms with E-state index in [1.54, 1.807) is 30.5 Å². The van der Waals surface area contributed by atoms with Crippen LogP contribution in [0.3, 0.4) is 0 Å². The van der Waals surface area contributed by atoms with Gasteiger partial charge in [0.25, 0.3) is 0 Å². The average molecular weight is 652 g/mol. The molecule has 0 saturated carbocycles. The van der Waals surface area contributed by atoms with E-state index >= 15 is 0 Å². The molecule has 0 fully saturated rings. The monoisotopic (exact) mass is 650 g/mol. The molecule has 0 bridgehead atoms. The van der Waals surface area contributed by atoms with Crippen LogP contribution in [0.4, 0.5) is 11.7 Å². The summed E-state index contributed by atoms with van der Waals surface area (Å²) in [6.45, 7) is 0. The Labute approximate surface area is 279 Å². The lowest BCUT2D eigenvalue weighted by Crippen LogP contribution is -1.98. The molecule has 8 rings (SSSR count). The number of azo groups is 1. The van der Waals surface area contributed by atoms with Crippen molar-refractivity contribution in [1.29, 1.82) is 0 Å². The fourth-order valence-electron chi connectivity index (χ4n) is 5.70. The maximum atomic E-state index is 6.21. The molecule has 7 nitrogen and oxygen atoms in total. The molecule has 0 aliphatic rings. The number of rotatable bonds is 6. The zero-order valence-corrected chi connectivity index (χ0v) is 26.2. The van der Waals surface area contributed by atoms with Crippen molar-refractivity contribution in [3.63, 3.8) is 0 Å². The first-order chi connectivity index (χ1) is 23.1. The van der Waals surface area contributed by atoms with Gasteiger partial charge in [0.1, 0.15) is 12.0 Å². The van der Waals surface area contributed by atoms with Crippen LogP contribution in [0.1, 0.15) is 5.56 Å². The zero-order valence-electron chi connectivity index (χ0n) is 24.7. The third kappa shape index (κ3) is 5.63. The SMILES string of the molecule is Clc1ccc(N=N/C(=N\c2nc(-c3c(-c4ccc(Cl)cc4)[nH]c4ccccc34)co2)c2c(-c3ccccc3)[nH]c3ccccc23)cc1. The van der Waals surface area contributed by atoms with E-state index in [9.17, 15) is 0 Å². The van der Waals surface area contributed by atoms with E-state index in [4.69, 9.17) is 37.6 Å². The van der Waals surface area contributed by atoms with Crippen molar-refractivity contribution in [3.8, 4) is 33.8 Å². The van der Waals surface area contributed by atoms with Gasteiger partial charge in [-0.1, -0.05) is 102 Å². The largest absolute Gasteiger partial charge is 0.430 e. The Balaban J connectivity index is 1.30. The molecule has 2 N–H and O–H groups in total. The summed E-state index contributed by atoms with van der Waals surface area (Å²) in [5, 5.41) is 12.4. The summed E-state index contributed by atoms with van der Waals surface area (Å²) in [7, 11) is 0. The van der Waals surface area contributed by atoms with E-state index in [0.717, 1.165) is 55.4 Å². The molecule has 0 radical (unpaired) electrons. The lowest BCUT2D eigenvalue weighted by Gasteiger charge is -2.05. The Hall–Kier alpha value is -5.76. The van der Waals surface area contributed by atoms with E-state index in [1.807, 2.05) is 97.1 Å². The van der Waals surface area contributed by atoms with Gasteiger partial charge in [-0.2, -0.15) is 9.98 Å². The summed E-state index contributed by atoms with van der Waals surface area (Å²) in [6, 6.07) is 41.2. The van der Waals surface area contributed by atoms with Gasteiger partial charge in [0.05, 0.1) is 22.6 Å². The van der Waals surface area contributed by atoms with Gasteiger partial charge in [0.2, 0.25) is 0 Å². The van der Waals surface area contributed by atoms with Gasteiger partial charge in [-0.25, -0.2) is 0 Å². The minimum Gasteiger partial charge on any atom is -0.430 e. The predicted octanol–water partition coefficient (Wildman–Crippen LogP) is 11.8. The lowest BCUT2D eigenvalue weighted by atomic mass is 10.0. The van der Waals surface area contributed by atoms with Gasteiger partial charge in [-0.3, -0.25) is 0 Å². The van der Waals surface area contributed by atoms with E-state index < -0.39 is 0 Å². The molecule has 0 aliphatic heterocycles. The number of fused-ring (bicyclic) bond motifs is 2. The van der Waals surface area contributed by atoms with Crippen molar-refractivity contribution < 1.29 is 4.42 Å². The molecular formula is C38H24Cl2N6O. The first-order valence-electron chi connectivity index (χ1n) is 14.9. The minimum atomic E-state index is 0.140. The number of oxazole rings is 1. The van der Waals surface area contributed by atoms with Crippen LogP contribution in [0, 0.1) is 0 Å². The molecule has 0 atom stereocenters. The first-order valence-corrected chi connectivity index (χ1v) is 15.6. The summed E-state index contributed by atoms with van der Waals surface area (Å²) >= 11 is 12.3. The summed E-state index contributed by atoms with van der Waals surface area (Å²) in [6.07, 6.45) is 1.62. The van der Waals surface area contributed by atoms with E-state index in [2.05, 4.69) is 26.3 Å². The van der Waals surface area contributed by atoms with Crippen molar-refractivity contribution in [3.05, 3.63) is 149 Å². The van der Waals surface area contributed by atoms with Gasteiger partial charge >= 0.3 is 6.01 Å². The van der Waals surface area contributed by atoms with Crippen LogP contribution < -0.4 is 0 Å². The number of nitrogens with one attached hydrogen (secondary N) is 2. The Morgan fingerprint density at radius 1 is 0.617 bits per heavy atom. The van der Waals surface area contributed by atoms with Crippen molar-refractivity contribution in [2.45, 2.75) is 0 Å². The van der Waals surface area contributed by atoms with Crippen LogP contribution >= 0.6 is 23.2 Å². The highest BCUT2D eigenvalue weighted by atomic mass is 35.5. The number of hydrogen-bond donors (Lipinski definition) is 2. The van der Waals surface area contributed by atoms with Gasteiger partial charge in [-0.15, -0.1) is 10.2 Å². The molecule has 5 aromatic carbocycles. The first kappa shape index (κ1) is 28.7. The number of amidine groups is 1. The number of aromatic amines is 2. The second kappa shape index (κ2) is 12.2. The number of para-hydroxylation sites is 2. The molecule has 0 spiro atoms. The van der Waals surface area contributed by atoms with Gasteiger partial charge in [0, 0.05) is 37.4 Å². The molecule has 8 aromatic rings. The summed E-state index contributed by atoms with van der Waals surface area (Å²) in [4.78, 5) is 16.9. The fraction of sp³-hybridized carbons (Fsp3) is 0. The quantitative estimate of drug-likeness (QED) is 0.106. The van der Waals surface area contributed by atoms with Crippen LogP contribution in [-0.4, -0.2) is 20.8 Å². The van der Waals surface area contributed by atoms with Crippen LogP contribution in [-0.2, 0) is 0 Å². The minimum absolute atomic E-state index is 0.140. The van der Waals surface area contributed by atoms with Gasteiger partial charge in [0.15, 0.2) is 5.84 Å². The predicted molar refractivity (Wildman–Crippen MR) is 190 cm³/mol. The van der Waals surface area contributed by atoms with Gasteiger partial charge in [-0.05, 0) is 59.7 Å². The standard InChI is InChI=1S/C38H24Cl2N6O/c39-25-16-14-24(15-17-25)35-33(28-10-4-6-12-30(28)41-35)32-22-47-38(43-32)44-37(46-45-27-20-18-26(40)19-21-27)34-29-11-5-7-13-31(29)42-36(34)23-8-2-1-3-9-23/h1-22,41-42H/b44-37-,46-45?. The number of aromatic nitrogens is 3. The molecule has 3 aromatic heterocycles. The average Bonchev–Trinajstić information content (AvgIpc) is 3.83. The number of hydrogen-bond acceptors (Lipinski definition) is 4. The van der Waals surface area contributed by atoms with Crippen LogP contribution in [0.5, 0.6) is 0 Å². The third-order valence-corrected chi connectivity index (χ3v) is 8.37. The molecule has 0 unspecified atom stereocenters. The molecule has 47 heavy (non-hydrogen) atoms. The number of benzene rings is 5. The zero-order chi connectivity index (χ0) is 31.7. The van der Waals surface area contributed by atoms with Crippen LogP contribution in [0.25, 0.3) is 55.6 Å². The fourth-order valence-corrected chi connectivity index (χ4v) is 5.95. The third-order valence-electron chi connectivity index (χ3n) is 7.87. The van der Waals surface area contributed by atoms with E-state index in [0.29, 0.717) is 27.3 Å². The van der Waals surface area contributed by atoms with Crippen molar-refractivity contribution in [1.82, 2.24) is 15.0 Å². The molecule has 0 aliphatic carbocycles. The molecule has 9 heteroatoms. The van der Waals surface area contributed by atoms with E-state index in [1.165, 1.54) is 0 Å². The summed E-state index contributed by atoms with van der Waals surface area (Å²) in [5.41, 5.74) is 8.55. The van der Waals surface area contributed by atoms with Crippen molar-refractivity contribution in [2.75, 3.05) is 0 Å². The van der Waals surface area contributed by atoms with Gasteiger partial charge < -0.3 is 14.4 Å². The number of halogens is 2. The molecule has 0 saturated heterocycles. The Bertz CT molecular complexity index is 2420. The maximum Gasteiger partial charge on any atom is 0.324 e. The normalized spacial score (nSPS) is 12.1. The Morgan fingerprint density at radius 2 is 1.21 bits per heavy atom. The highest BCUT2D eigenvalue weighted by Gasteiger charge is 2.22. The lowest BCUT2D eigenvalue weighted by molar-refractivity contribution is 0.570. The Kier molecular flexibility index (Phi) is 7.45. The topological polar surface area (TPSA) is 94.7 Å². The summed E-state index contributed by atoms with van der Waals surface area (Å²) in [5.74, 6) is 0.335. The van der Waals surface area contributed by atoms with E-state index in [-0.39, 0.29) is 6.01 Å². The number of nitrogens with zero attached hydrogens (tertiary/aromatic N) is 4. The highest BCUT2D eigenvalue weighted by molar-refractivity contribution is 6.31. The number of aliphatic imine (C=N–C) groups is 1. The smallest absolute Gasteiger partial charge is 0.324 e. The molecular weight excluding hydrogens is 627 g/mol. The maximum absolute atomic E-state index is 6.21. The number of H-pyrrole nitrogens is 2. The van der Waals surface area contributed by atoms with Crippen molar-refractivity contribution >= 4 is 62.5 Å². The summed E-state index contributed by atoms with van der Waals surface area (Å²) < 4.78 is 6.04. The molecule has 3 heterocycles. The van der Waals surface area contributed by atoms with Crippen LogP contribution in [0.15, 0.2) is 153 Å². The second-order valence-corrected chi connectivity index (χ2v) is 11.7. The van der Waals surface area contributed by atoms with Crippen molar-refractivity contribution in [2.24, 2.45) is 15.2 Å².